The number of ether oxygens (including phenoxy) is 3. The number of fused-ring (bicyclic) bond motifs is 1. The fraction of sp³-hybridized carbons (Fsp3) is 0.533. The van der Waals surface area contributed by atoms with Gasteiger partial charge in [0.25, 0.3) is 5.91 Å². The van der Waals surface area contributed by atoms with Gasteiger partial charge in [0.15, 0.2) is 5.79 Å². The van der Waals surface area contributed by atoms with E-state index in [0.29, 0.717) is 44.7 Å². The standard InChI is InChI=1S/C30H36N2O5/c1-35-23-13-11-21(12-14-23)27-26(29(34)31-17-15-30(16-18-31)36-19-20-37-30)24-9-5-6-10-25(24)28(33)32(27)22-7-3-2-4-8-22/h5-6,9-14,22,26-27H,2-4,7-8,15-20H2,1H3/t26-,27-/m0/s1. The normalized spacial score (nSPS) is 25.8. The minimum atomic E-state index is -0.541. The van der Waals surface area contributed by atoms with Crippen molar-refractivity contribution in [2.24, 2.45) is 0 Å². The van der Waals surface area contributed by atoms with Gasteiger partial charge in [0.1, 0.15) is 5.75 Å². The Morgan fingerprint density at radius 2 is 1.62 bits per heavy atom. The maximum Gasteiger partial charge on any atom is 0.254 e. The van der Waals surface area contributed by atoms with Crippen LogP contribution in [-0.2, 0) is 14.3 Å². The molecule has 0 unspecified atom stereocenters. The second kappa shape index (κ2) is 10.1. The minimum absolute atomic E-state index is 0.0396. The first-order valence-corrected chi connectivity index (χ1v) is 13.7. The molecule has 7 heteroatoms. The van der Waals surface area contributed by atoms with E-state index >= 15 is 0 Å². The number of likely N-dealkylation sites (tertiary alicyclic amines) is 1. The van der Waals surface area contributed by atoms with Crippen LogP contribution in [0.1, 0.15) is 78.4 Å². The summed E-state index contributed by atoms with van der Waals surface area (Å²) in [5.41, 5.74) is 2.47. The van der Waals surface area contributed by atoms with Gasteiger partial charge in [-0.05, 0) is 42.2 Å². The summed E-state index contributed by atoms with van der Waals surface area (Å²) in [5, 5.41) is 0. The first-order valence-electron chi connectivity index (χ1n) is 13.7. The van der Waals surface area contributed by atoms with Crippen molar-refractivity contribution in [3.8, 4) is 5.75 Å². The van der Waals surface area contributed by atoms with Gasteiger partial charge in [0.05, 0.1) is 32.3 Å². The highest BCUT2D eigenvalue weighted by Gasteiger charge is 2.49. The number of benzene rings is 2. The topological polar surface area (TPSA) is 68.3 Å². The molecule has 2 atom stereocenters. The average molecular weight is 505 g/mol. The zero-order valence-corrected chi connectivity index (χ0v) is 21.6. The molecule has 0 bridgehead atoms. The van der Waals surface area contributed by atoms with E-state index in [1.807, 2.05) is 53.4 Å². The molecule has 2 saturated heterocycles. The summed E-state index contributed by atoms with van der Waals surface area (Å²) in [7, 11) is 1.65. The van der Waals surface area contributed by atoms with Crippen LogP contribution in [0.2, 0.25) is 0 Å². The Kier molecular flexibility index (Phi) is 6.67. The van der Waals surface area contributed by atoms with Gasteiger partial charge >= 0.3 is 0 Å². The molecule has 1 saturated carbocycles. The molecule has 7 nitrogen and oxygen atoms in total. The Labute approximate surface area is 218 Å². The smallest absolute Gasteiger partial charge is 0.254 e. The van der Waals surface area contributed by atoms with E-state index in [9.17, 15) is 9.59 Å². The summed E-state index contributed by atoms with van der Waals surface area (Å²) < 4.78 is 17.2. The van der Waals surface area contributed by atoms with Crippen molar-refractivity contribution in [3.05, 3.63) is 65.2 Å². The molecule has 4 aliphatic rings. The quantitative estimate of drug-likeness (QED) is 0.605. The largest absolute Gasteiger partial charge is 0.497 e. The Balaban J connectivity index is 1.41. The van der Waals surface area contributed by atoms with Crippen LogP contribution in [0.3, 0.4) is 0 Å². The molecule has 3 fully saturated rings. The molecule has 3 aliphatic heterocycles. The lowest BCUT2D eigenvalue weighted by Gasteiger charge is -2.48. The van der Waals surface area contributed by atoms with Crippen LogP contribution in [-0.4, -0.2) is 66.9 Å². The molecule has 2 aromatic carbocycles. The zero-order valence-electron chi connectivity index (χ0n) is 21.6. The monoisotopic (exact) mass is 504 g/mol. The Morgan fingerprint density at radius 3 is 2.30 bits per heavy atom. The molecule has 196 valence electrons. The number of methoxy groups -OCH3 is 1. The lowest BCUT2D eigenvalue weighted by atomic mass is 9.76. The summed E-state index contributed by atoms with van der Waals surface area (Å²) in [6.07, 6.45) is 6.71. The second-order valence-corrected chi connectivity index (χ2v) is 10.7. The third-order valence-corrected chi connectivity index (χ3v) is 8.72. The SMILES string of the molecule is COc1ccc([C@H]2[C@@H](C(=O)N3CCC4(CC3)OCCO4)c3ccccc3C(=O)N2C2CCCCC2)cc1. The van der Waals surface area contributed by atoms with Gasteiger partial charge in [-0.15, -0.1) is 0 Å². The highest BCUT2D eigenvalue weighted by Crippen LogP contribution is 2.47. The summed E-state index contributed by atoms with van der Waals surface area (Å²) in [4.78, 5) is 32.5. The van der Waals surface area contributed by atoms with Gasteiger partial charge in [-0.25, -0.2) is 0 Å². The fourth-order valence-corrected chi connectivity index (χ4v) is 6.78. The van der Waals surface area contributed by atoms with Crippen molar-refractivity contribution in [2.75, 3.05) is 33.4 Å². The highest BCUT2D eigenvalue weighted by molar-refractivity contribution is 6.01. The zero-order chi connectivity index (χ0) is 25.4. The predicted molar refractivity (Wildman–Crippen MR) is 138 cm³/mol. The van der Waals surface area contributed by atoms with Crippen LogP contribution >= 0.6 is 0 Å². The van der Waals surface area contributed by atoms with E-state index in [4.69, 9.17) is 14.2 Å². The van der Waals surface area contributed by atoms with E-state index in [0.717, 1.165) is 42.6 Å². The molecule has 1 spiro atoms. The molecule has 6 rings (SSSR count). The van der Waals surface area contributed by atoms with Crippen LogP contribution in [0.5, 0.6) is 5.75 Å². The Morgan fingerprint density at radius 1 is 0.946 bits per heavy atom. The molecule has 0 radical (unpaired) electrons. The van der Waals surface area contributed by atoms with E-state index in [1.165, 1.54) is 6.42 Å². The van der Waals surface area contributed by atoms with Gasteiger partial charge in [-0.2, -0.15) is 0 Å². The number of hydrogen-bond donors (Lipinski definition) is 0. The van der Waals surface area contributed by atoms with Gasteiger partial charge in [0.2, 0.25) is 5.91 Å². The minimum Gasteiger partial charge on any atom is -0.497 e. The van der Waals surface area contributed by atoms with E-state index in [1.54, 1.807) is 7.11 Å². The molecular formula is C30H36N2O5. The highest BCUT2D eigenvalue weighted by atomic mass is 16.7. The van der Waals surface area contributed by atoms with Crippen LogP contribution < -0.4 is 4.74 Å². The number of carbonyl (C=O) groups excluding carboxylic acids is 2. The third kappa shape index (κ3) is 4.42. The molecule has 37 heavy (non-hydrogen) atoms. The summed E-state index contributed by atoms with van der Waals surface area (Å²) >= 11 is 0. The summed E-state index contributed by atoms with van der Waals surface area (Å²) in [6, 6.07) is 15.4. The number of nitrogens with zero attached hydrogens (tertiary/aromatic N) is 2. The van der Waals surface area contributed by atoms with E-state index in [2.05, 4.69) is 4.90 Å². The Bertz CT molecular complexity index is 1130. The van der Waals surface area contributed by atoms with Crippen LogP contribution in [0.25, 0.3) is 0 Å². The van der Waals surface area contributed by atoms with Gasteiger partial charge in [0, 0.05) is 37.5 Å². The van der Waals surface area contributed by atoms with Crippen molar-refractivity contribution < 1.29 is 23.8 Å². The molecule has 0 aromatic heterocycles. The van der Waals surface area contributed by atoms with Crippen LogP contribution in [0.4, 0.5) is 0 Å². The number of hydrogen-bond acceptors (Lipinski definition) is 5. The maximum atomic E-state index is 14.4. The lowest BCUT2D eigenvalue weighted by Crippen LogP contribution is -2.54. The van der Waals surface area contributed by atoms with Crippen molar-refractivity contribution in [2.45, 2.75) is 68.7 Å². The van der Waals surface area contributed by atoms with Gasteiger partial charge in [-0.3, -0.25) is 9.59 Å². The van der Waals surface area contributed by atoms with E-state index in [-0.39, 0.29) is 23.9 Å². The first kappa shape index (κ1) is 24.4. The molecule has 3 heterocycles. The van der Waals surface area contributed by atoms with E-state index < -0.39 is 11.7 Å². The second-order valence-electron chi connectivity index (χ2n) is 10.7. The molecule has 0 N–H and O–H groups in total. The average Bonchev–Trinajstić information content (AvgIpc) is 3.41. The number of rotatable bonds is 4. The molecule has 2 amide bonds. The van der Waals surface area contributed by atoms with Crippen molar-refractivity contribution in [1.29, 1.82) is 0 Å². The fourth-order valence-electron chi connectivity index (χ4n) is 6.78. The van der Waals surface area contributed by atoms with Crippen LogP contribution in [0, 0.1) is 0 Å². The first-order chi connectivity index (χ1) is 18.1. The number of carbonyl (C=O) groups is 2. The molecule has 2 aromatic rings. The summed E-state index contributed by atoms with van der Waals surface area (Å²) in [5.74, 6) is -0.132. The third-order valence-electron chi connectivity index (χ3n) is 8.72. The van der Waals surface area contributed by atoms with Crippen molar-refractivity contribution in [3.63, 3.8) is 0 Å². The maximum absolute atomic E-state index is 14.4. The van der Waals surface area contributed by atoms with Gasteiger partial charge in [-0.1, -0.05) is 49.6 Å². The predicted octanol–water partition coefficient (Wildman–Crippen LogP) is 4.67. The van der Waals surface area contributed by atoms with Crippen molar-refractivity contribution >= 4 is 11.8 Å². The summed E-state index contributed by atoms with van der Waals surface area (Å²) in [6.45, 7) is 2.40. The molecule has 1 aliphatic carbocycles. The van der Waals surface area contributed by atoms with Gasteiger partial charge < -0.3 is 24.0 Å². The van der Waals surface area contributed by atoms with Crippen LogP contribution in [0.15, 0.2) is 48.5 Å². The lowest BCUT2D eigenvalue weighted by molar-refractivity contribution is -0.188. The number of piperidine rings is 1. The van der Waals surface area contributed by atoms with Crippen molar-refractivity contribution in [1.82, 2.24) is 9.80 Å². The molecular weight excluding hydrogens is 468 g/mol. The number of amides is 2. The Hall–Kier alpha value is -2.90.